The quantitative estimate of drug-likeness (QED) is 0.582. The van der Waals surface area contributed by atoms with Crippen molar-refractivity contribution in [3.63, 3.8) is 0 Å². The number of carbonyl (C=O) groups is 2. The molecule has 0 radical (unpaired) electrons. The van der Waals surface area contributed by atoms with Gasteiger partial charge in [0.1, 0.15) is 0 Å². The first-order valence-electron chi connectivity index (χ1n) is 6.39. The van der Waals surface area contributed by atoms with Crippen LogP contribution in [-0.2, 0) is 9.53 Å². The van der Waals surface area contributed by atoms with E-state index in [2.05, 4.69) is 12.2 Å². The molecule has 1 rings (SSSR count). The minimum atomic E-state index is -0.934. The second-order valence-electron chi connectivity index (χ2n) is 4.28. The Bertz CT molecular complexity index is 446. The minimum absolute atomic E-state index is 0.409. The molecule has 0 aliphatic carbocycles. The zero-order valence-corrected chi connectivity index (χ0v) is 11.3. The number of benzene rings is 1. The molecule has 0 spiro atoms. The molecule has 104 valence electrons. The normalized spacial score (nSPS) is 11.7. The third kappa shape index (κ3) is 4.62. The number of rotatable bonds is 7. The van der Waals surface area contributed by atoms with E-state index in [0.717, 1.165) is 19.4 Å². The molecule has 0 saturated heterocycles. The Balaban J connectivity index is 2.75. The number of primary amides is 1. The summed E-state index contributed by atoms with van der Waals surface area (Å²) in [7, 11) is 0. The number of unbranched alkanes of at least 4 members (excludes halogenated alkanes) is 1. The van der Waals surface area contributed by atoms with Crippen molar-refractivity contribution in [3.8, 4) is 0 Å². The Morgan fingerprint density at radius 1 is 1.37 bits per heavy atom. The van der Waals surface area contributed by atoms with E-state index < -0.39 is 18.0 Å². The van der Waals surface area contributed by atoms with Crippen LogP contribution < -0.4 is 11.1 Å². The zero-order valence-electron chi connectivity index (χ0n) is 11.3. The lowest BCUT2D eigenvalue weighted by molar-refractivity contribution is -0.125. The SMILES string of the molecule is CCCCNc1ccccc1C(=O)OC(C)C(N)=O. The van der Waals surface area contributed by atoms with E-state index >= 15 is 0 Å². The number of carbonyl (C=O) groups excluding carboxylic acids is 2. The number of amides is 1. The largest absolute Gasteiger partial charge is 0.449 e. The van der Waals surface area contributed by atoms with Crippen LogP contribution in [0, 0.1) is 0 Å². The monoisotopic (exact) mass is 264 g/mol. The van der Waals surface area contributed by atoms with Crippen LogP contribution in [0.4, 0.5) is 5.69 Å². The van der Waals surface area contributed by atoms with Crippen LogP contribution in [0.5, 0.6) is 0 Å². The maximum absolute atomic E-state index is 11.9. The van der Waals surface area contributed by atoms with Crippen molar-refractivity contribution in [2.45, 2.75) is 32.8 Å². The van der Waals surface area contributed by atoms with E-state index in [-0.39, 0.29) is 0 Å². The van der Waals surface area contributed by atoms with Gasteiger partial charge in [-0.2, -0.15) is 0 Å². The molecule has 0 aromatic heterocycles. The van der Waals surface area contributed by atoms with Crippen molar-refractivity contribution in [1.82, 2.24) is 0 Å². The van der Waals surface area contributed by atoms with Gasteiger partial charge in [-0.05, 0) is 25.5 Å². The molecule has 19 heavy (non-hydrogen) atoms. The number of para-hydroxylation sites is 1. The van der Waals surface area contributed by atoms with Gasteiger partial charge in [0, 0.05) is 12.2 Å². The second-order valence-corrected chi connectivity index (χ2v) is 4.28. The first-order valence-corrected chi connectivity index (χ1v) is 6.39. The summed E-state index contributed by atoms with van der Waals surface area (Å²) in [5.41, 5.74) is 6.18. The fraction of sp³-hybridized carbons (Fsp3) is 0.429. The molecule has 0 aliphatic rings. The Morgan fingerprint density at radius 2 is 2.05 bits per heavy atom. The van der Waals surface area contributed by atoms with Crippen LogP contribution in [-0.4, -0.2) is 24.5 Å². The molecule has 5 heteroatoms. The van der Waals surface area contributed by atoms with E-state index in [4.69, 9.17) is 10.5 Å². The third-order valence-electron chi connectivity index (χ3n) is 2.68. The van der Waals surface area contributed by atoms with Crippen molar-refractivity contribution in [2.24, 2.45) is 5.73 Å². The molecule has 3 N–H and O–H groups in total. The Kier molecular flexibility index (Phi) is 5.85. The number of esters is 1. The van der Waals surface area contributed by atoms with Gasteiger partial charge in [0.05, 0.1) is 5.56 Å². The lowest BCUT2D eigenvalue weighted by Crippen LogP contribution is -2.30. The predicted molar refractivity (Wildman–Crippen MR) is 73.9 cm³/mol. The Morgan fingerprint density at radius 3 is 2.68 bits per heavy atom. The average Bonchev–Trinajstić information content (AvgIpc) is 2.39. The summed E-state index contributed by atoms with van der Waals surface area (Å²) in [6, 6.07) is 7.05. The lowest BCUT2D eigenvalue weighted by atomic mass is 10.1. The van der Waals surface area contributed by atoms with Gasteiger partial charge in [0.25, 0.3) is 5.91 Å². The Hall–Kier alpha value is -2.04. The number of nitrogens with two attached hydrogens (primary N) is 1. The van der Waals surface area contributed by atoms with E-state index in [1.807, 2.05) is 6.07 Å². The predicted octanol–water partition coefficient (Wildman–Crippen LogP) is 1.93. The molecule has 0 bridgehead atoms. The molecule has 1 aromatic rings. The van der Waals surface area contributed by atoms with Crippen molar-refractivity contribution < 1.29 is 14.3 Å². The van der Waals surface area contributed by atoms with Gasteiger partial charge in [-0.3, -0.25) is 4.79 Å². The van der Waals surface area contributed by atoms with Gasteiger partial charge >= 0.3 is 5.97 Å². The van der Waals surface area contributed by atoms with Crippen molar-refractivity contribution in [1.29, 1.82) is 0 Å². The van der Waals surface area contributed by atoms with Gasteiger partial charge in [0.2, 0.25) is 0 Å². The van der Waals surface area contributed by atoms with Gasteiger partial charge in [-0.1, -0.05) is 25.5 Å². The molecule has 0 saturated carbocycles. The highest BCUT2D eigenvalue weighted by molar-refractivity contribution is 5.97. The number of ether oxygens (including phenoxy) is 1. The molecular weight excluding hydrogens is 244 g/mol. The van der Waals surface area contributed by atoms with E-state index in [9.17, 15) is 9.59 Å². The van der Waals surface area contributed by atoms with E-state index in [0.29, 0.717) is 11.3 Å². The average molecular weight is 264 g/mol. The van der Waals surface area contributed by atoms with Gasteiger partial charge < -0.3 is 15.8 Å². The summed E-state index contributed by atoms with van der Waals surface area (Å²) >= 11 is 0. The van der Waals surface area contributed by atoms with Gasteiger partial charge in [-0.15, -0.1) is 0 Å². The van der Waals surface area contributed by atoms with Crippen LogP contribution in [0.25, 0.3) is 0 Å². The van der Waals surface area contributed by atoms with Crippen LogP contribution in [0.15, 0.2) is 24.3 Å². The number of anilines is 1. The first-order chi connectivity index (χ1) is 9.06. The number of nitrogens with one attached hydrogen (secondary N) is 1. The Labute approximate surface area is 113 Å². The molecule has 0 aliphatic heterocycles. The number of hydrogen-bond acceptors (Lipinski definition) is 4. The molecule has 1 amide bonds. The fourth-order valence-corrected chi connectivity index (χ4v) is 1.50. The molecule has 0 fully saturated rings. The molecule has 1 unspecified atom stereocenters. The highest BCUT2D eigenvalue weighted by Gasteiger charge is 2.18. The molecule has 5 nitrogen and oxygen atoms in total. The topological polar surface area (TPSA) is 81.4 Å². The van der Waals surface area contributed by atoms with Crippen LogP contribution >= 0.6 is 0 Å². The smallest absolute Gasteiger partial charge is 0.341 e. The molecule has 0 heterocycles. The molecule has 1 aromatic carbocycles. The minimum Gasteiger partial charge on any atom is -0.449 e. The van der Waals surface area contributed by atoms with Crippen molar-refractivity contribution in [2.75, 3.05) is 11.9 Å². The van der Waals surface area contributed by atoms with Crippen molar-refractivity contribution >= 4 is 17.6 Å². The lowest BCUT2D eigenvalue weighted by Gasteiger charge is -2.13. The van der Waals surface area contributed by atoms with Crippen LogP contribution in [0.1, 0.15) is 37.0 Å². The van der Waals surface area contributed by atoms with E-state index in [1.54, 1.807) is 18.2 Å². The summed E-state index contributed by atoms with van der Waals surface area (Å²) in [4.78, 5) is 22.8. The molecule has 1 atom stereocenters. The van der Waals surface area contributed by atoms with Crippen molar-refractivity contribution in [3.05, 3.63) is 29.8 Å². The third-order valence-corrected chi connectivity index (χ3v) is 2.68. The summed E-state index contributed by atoms with van der Waals surface area (Å²) < 4.78 is 4.99. The van der Waals surface area contributed by atoms with E-state index in [1.165, 1.54) is 6.92 Å². The maximum atomic E-state index is 11.9. The fourth-order valence-electron chi connectivity index (χ4n) is 1.50. The first kappa shape index (κ1) is 15.0. The highest BCUT2D eigenvalue weighted by atomic mass is 16.5. The zero-order chi connectivity index (χ0) is 14.3. The number of hydrogen-bond donors (Lipinski definition) is 2. The van der Waals surface area contributed by atoms with Crippen LogP contribution in [0.3, 0.4) is 0 Å². The second kappa shape index (κ2) is 7.41. The highest BCUT2D eigenvalue weighted by Crippen LogP contribution is 2.17. The summed E-state index contributed by atoms with van der Waals surface area (Å²) in [6.45, 7) is 4.33. The summed E-state index contributed by atoms with van der Waals surface area (Å²) in [5.74, 6) is -1.21. The standard InChI is InChI=1S/C14H20N2O3/c1-3-4-9-16-12-8-6-5-7-11(12)14(18)19-10(2)13(15)17/h5-8,10,16H,3-4,9H2,1-2H3,(H2,15,17). The van der Waals surface area contributed by atoms with Crippen LogP contribution in [0.2, 0.25) is 0 Å². The van der Waals surface area contributed by atoms with Gasteiger partial charge in [0.15, 0.2) is 6.10 Å². The maximum Gasteiger partial charge on any atom is 0.341 e. The summed E-state index contributed by atoms with van der Waals surface area (Å²) in [5, 5.41) is 3.18. The van der Waals surface area contributed by atoms with Gasteiger partial charge in [-0.25, -0.2) is 4.79 Å². The molecular formula is C14H20N2O3. The summed E-state index contributed by atoms with van der Waals surface area (Å²) in [6.07, 6.45) is 1.15.